The van der Waals surface area contributed by atoms with Crippen LogP contribution in [0.15, 0.2) is 6.07 Å². The van der Waals surface area contributed by atoms with E-state index in [4.69, 9.17) is 10.8 Å². The molecule has 1 aliphatic rings. The SMILES string of the molecule is Nc1cc(CC2CC2)nn1CCO. The minimum absolute atomic E-state index is 0.0920. The Hall–Kier alpha value is -1.03. The molecule has 1 heterocycles. The molecule has 0 aliphatic heterocycles. The molecule has 0 spiro atoms. The Morgan fingerprint density at radius 1 is 1.62 bits per heavy atom. The Morgan fingerprint density at radius 3 is 3.00 bits per heavy atom. The molecule has 0 aromatic carbocycles. The summed E-state index contributed by atoms with van der Waals surface area (Å²) in [5.41, 5.74) is 6.78. The van der Waals surface area contributed by atoms with Crippen LogP contribution in [0.5, 0.6) is 0 Å². The predicted molar refractivity (Wildman–Crippen MR) is 50.2 cm³/mol. The zero-order valence-electron chi connectivity index (χ0n) is 7.61. The van der Waals surface area contributed by atoms with Crippen LogP contribution >= 0.6 is 0 Å². The molecular formula is C9H15N3O. The van der Waals surface area contributed by atoms with Crippen LogP contribution in [0, 0.1) is 5.92 Å². The number of nitrogens with zero attached hydrogens (tertiary/aromatic N) is 2. The van der Waals surface area contributed by atoms with Gasteiger partial charge in [0.05, 0.1) is 18.8 Å². The molecule has 0 radical (unpaired) electrons. The largest absolute Gasteiger partial charge is 0.394 e. The average Bonchev–Trinajstić information content (AvgIpc) is 2.81. The lowest BCUT2D eigenvalue weighted by molar-refractivity contribution is 0.270. The topological polar surface area (TPSA) is 64.1 Å². The summed E-state index contributed by atoms with van der Waals surface area (Å²) in [6, 6.07) is 1.91. The first kappa shape index (κ1) is 8.56. The van der Waals surface area contributed by atoms with E-state index in [0.29, 0.717) is 12.4 Å². The lowest BCUT2D eigenvalue weighted by Crippen LogP contribution is -2.07. The van der Waals surface area contributed by atoms with Gasteiger partial charge >= 0.3 is 0 Å². The number of hydrogen-bond acceptors (Lipinski definition) is 3. The summed E-state index contributed by atoms with van der Waals surface area (Å²) in [7, 11) is 0. The van der Waals surface area contributed by atoms with Gasteiger partial charge < -0.3 is 10.8 Å². The number of nitrogen functional groups attached to an aromatic ring is 1. The van der Waals surface area contributed by atoms with Gasteiger partial charge in [0.1, 0.15) is 5.82 Å². The normalized spacial score (nSPS) is 16.4. The van der Waals surface area contributed by atoms with Gasteiger partial charge in [-0.2, -0.15) is 5.10 Å². The maximum Gasteiger partial charge on any atom is 0.122 e. The van der Waals surface area contributed by atoms with Crippen molar-refractivity contribution in [3.63, 3.8) is 0 Å². The summed E-state index contributed by atoms with van der Waals surface area (Å²) in [6.45, 7) is 0.589. The van der Waals surface area contributed by atoms with Crippen molar-refractivity contribution in [1.82, 2.24) is 9.78 Å². The Labute approximate surface area is 77.4 Å². The number of aromatic nitrogens is 2. The highest BCUT2D eigenvalue weighted by atomic mass is 16.3. The van der Waals surface area contributed by atoms with Gasteiger partial charge in [-0.05, 0) is 25.2 Å². The van der Waals surface area contributed by atoms with E-state index in [2.05, 4.69) is 5.10 Å². The van der Waals surface area contributed by atoms with Gasteiger partial charge in [0.15, 0.2) is 0 Å². The molecule has 72 valence electrons. The third-order valence-corrected chi connectivity index (χ3v) is 2.37. The quantitative estimate of drug-likeness (QED) is 0.707. The molecule has 0 amide bonds. The van der Waals surface area contributed by atoms with Gasteiger partial charge in [0.2, 0.25) is 0 Å². The molecule has 4 nitrogen and oxygen atoms in total. The summed E-state index contributed by atoms with van der Waals surface area (Å²) >= 11 is 0. The molecule has 4 heteroatoms. The lowest BCUT2D eigenvalue weighted by atomic mass is 10.2. The summed E-state index contributed by atoms with van der Waals surface area (Å²) in [4.78, 5) is 0. The first-order valence-corrected chi connectivity index (χ1v) is 4.72. The standard InChI is InChI=1S/C9H15N3O/c10-9-6-8(5-7-1-2-7)11-12(9)3-4-13/h6-7,13H,1-5,10H2. The molecule has 13 heavy (non-hydrogen) atoms. The third-order valence-electron chi connectivity index (χ3n) is 2.37. The van der Waals surface area contributed by atoms with Gasteiger partial charge in [-0.15, -0.1) is 0 Å². The molecular weight excluding hydrogens is 166 g/mol. The van der Waals surface area contributed by atoms with E-state index in [-0.39, 0.29) is 6.61 Å². The van der Waals surface area contributed by atoms with Crippen molar-refractivity contribution in [2.45, 2.75) is 25.8 Å². The van der Waals surface area contributed by atoms with Crippen molar-refractivity contribution >= 4 is 5.82 Å². The molecule has 3 N–H and O–H groups in total. The van der Waals surface area contributed by atoms with Crippen molar-refractivity contribution in [3.05, 3.63) is 11.8 Å². The van der Waals surface area contributed by atoms with Crippen molar-refractivity contribution in [1.29, 1.82) is 0 Å². The Kier molecular flexibility index (Phi) is 2.22. The Balaban J connectivity index is 2.04. The van der Waals surface area contributed by atoms with Crippen molar-refractivity contribution in [3.8, 4) is 0 Å². The van der Waals surface area contributed by atoms with Crippen molar-refractivity contribution in [2.24, 2.45) is 5.92 Å². The number of rotatable bonds is 4. The van der Waals surface area contributed by atoms with Crippen LogP contribution in [-0.4, -0.2) is 21.5 Å². The second-order valence-corrected chi connectivity index (χ2v) is 3.65. The zero-order valence-corrected chi connectivity index (χ0v) is 7.61. The van der Waals surface area contributed by atoms with E-state index >= 15 is 0 Å². The fourth-order valence-electron chi connectivity index (χ4n) is 1.48. The maximum atomic E-state index is 8.73. The number of nitrogens with two attached hydrogens (primary N) is 1. The number of hydrogen-bond donors (Lipinski definition) is 2. The Morgan fingerprint density at radius 2 is 2.38 bits per heavy atom. The van der Waals surface area contributed by atoms with E-state index in [1.54, 1.807) is 4.68 Å². The second kappa shape index (κ2) is 3.38. The molecule has 0 unspecified atom stereocenters. The number of aliphatic hydroxyl groups is 1. The van der Waals surface area contributed by atoms with Crippen LogP contribution in [-0.2, 0) is 13.0 Å². The fourth-order valence-corrected chi connectivity index (χ4v) is 1.48. The molecule has 0 saturated heterocycles. The molecule has 1 aromatic heterocycles. The minimum atomic E-state index is 0.0920. The molecule has 1 fully saturated rings. The zero-order chi connectivity index (χ0) is 9.26. The van der Waals surface area contributed by atoms with Crippen LogP contribution in [0.3, 0.4) is 0 Å². The molecule has 0 bridgehead atoms. The molecule has 1 aliphatic carbocycles. The average molecular weight is 181 g/mol. The first-order chi connectivity index (χ1) is 6.29. The van der Waals surface area contributed by atoms with Gasteiger partial charge in [-0.25, -0.2) is 4.68 Å². The highest BCUT2D eigenvalue weighted by Gasteiger charge is 2.22. The summed E-state index contributed by atoms with van der Waals surface area (Å²) in [6.07, 6.45) is 3.70. The van der Waals surface area contributed by atoms with E-state index < -0.39 is 0 Å². The number of anilines is 1. The fraction of sp³-hybridized carbons (Fsp3) is 0.667. The monoisotopic (exact) mass is 181 g/mol. The van der Waals surface area contributed by atoms with Gasteiger partial charge in [0.25, 0.3) is 0 Å². The van der Waals surface area contributed by atoms with Crippen LogP contribution in [0.1, 0.15) is 18.5 Å². The predicted octanol–water partition coefficient (Wildman–Crippen LogP) is 0.410. The summed E-state index contributed by atoms with van der Waals surface area (Å²) in [5.74, 6) is 1.49. The number of aliphatic hydroxyl groups excluding tert-OH is 1. The van der Waals surface area contributed by atoms with Crippen LogP contribution < -0.4 is 5.73 Å². The van der Waals surface area contributed by atoms with E-state index in [0.717, 1.165) is 18.0 Å². The van der Waals surface area contributed by atoms with Crippen LogP contribution in [0.2, 0.25) is 0 Å². The van der Waals surface area contributed by atoms with Gasteiger partial charge in [-0.1, -0.05) is 0 Å². The minimum Gasteiger partial charge on any atom is -0.394 e. The third kappa shape index (κ3) is 2.01. The molecule has 0 atom stereocenters. The summed E-state index contributed by atoms with van der Waals surface area (Å²) < 4.78 is 1.66. The van der Waals surface area contributed by atoms with Crippen LogP contribution in [0.4, 0.5) is 5.82 Å². The lowest BCUT2D eigenvalue weighted by Gasteiger charge is -1.98. The highest BCUT2D eigenvalue weighted by Crippen LogP contribution is 2.32. The van der Waals surface area contributed by atoms with Crippen molar-refractivity contribution < 1.29 is 5.11 Å². The van der Waals surface area contributed by atoms with Gasteiger partial charge in [-0.3, -0.25) is 0 Å². The van der Waals surface area contributed by atoms with Crippen molar-refractivity contribution in [2.75, 3.05) is 12.3 Å². The molecule has 1 saturated carbocycles. The Bertz CT molecular complexity index is 291. The molecule has 1 aromatic rings. The maximum absolute atomic E-state index is 8.73. The first-order valence-electron chi connectivity index (χ1n) is 4.72. The van der Waals surface area contributed by atoms with Gasteiger partial charge in [0, 0.05) is 6.07 Å². The van der Waals surface area contributed by atoms with E-state index in [9.17, 15) is 0 Å². The summed E-state index contributed by atoms with van der Waals surface area (Å²) in [5, 5.41) is 13.0. The molecule has 2 rings (SSSR count). The van der Waals surface area contributed by atoms with Crippen LogP contribution in [0.25, 0.3) is 0 Å². The smallest absolute Gasteiger partial charge is 0.122 e. The van der Waals surface area contributed by atoms with E-state index in [1.807, 2.05) is 6.07 Å². The highest BCUT2D eigenvalue weighted by molar-refractivity contribution is 5.31. The second-order valence-electron chi connectivity index (χ2n) is 3.65. The van der Waals surface area contributed by atoms with E-state index in [1.165, 1.54) is 12.8 Å².